The van der Waals surface area contributed by atoms with Crippen LogP contribution in [0.1, 0.15) is 37.3 Å². The number of nitrogens with one attached hydrogen (secondary N) is 1. The summed E-state index contributed by atoms with van der Waals surface area (Å²) in [5, 5.41) is 13.2. The zero-order valence-corrected chi connectivity index (χ0v) is 12.8. The Morgan fingerprint density at radius 3 is 2.83 bits per heavy atom. The monoisotopic (exact) mass is 317 g/mol. The molecule has 2 aromatic heterocycles. The summed E-state index contributed by atoms with van der Waals surface area (Å²) in [6.45, 7) is 0.796. The van der Waals surface area contributed by atoms with Gasteiger partial charge in [-0.25, -0.2) is 9.67 Å². The van der Waals surface area contributed by atoms with Crippen LogP contribution in [0.2, 0.25) is 0 Å². The predicted octanol–water partition coefficient (Wildman–Crippen LogP) is -0.296. The Balaban J connectivity index is 1.50. The minimum atomic E-state index is -0.208. The number of aromatic nitrogens is 6. The molecule has 1 saturated carbocycles. The number of rotatable bonds is 6. The topological polar surface area (TPSA) is 108 Å². The lowest BCUT2D eigenvalue weighted by atomic mass is 10.0. The smallest absolute Gasteiger partial charge is 0.253 e. The van der Waals surface area contributed by atoms with Crippen molar-refractivity contribution in [1.82, 2.24) is 35.1 Å². The van der Waals surface area contributed by atoms with Crippen molar-refractivity contribution in [2.75, 3.05) is 6.54 Å². The first-order valence-corrected chi connectivity index (χ1v) is 7.76. The Morgan fingerprint density at radius 2 is 2.13 bits per heavy atom. The molecule has 0 unspecified atom stereocenters. The second kappa shape index (κ2) is 7.12. The lowest BCUT2D eigenvalue weighted by Crippen LogP contribution is -2.33. The Morgan fingerprint density at radius 1 is 1.30 bits per heavy atom. The summed E-state index contributed by atoms with van der Waals surface area (Å²) in [5.74, 6) is 0.217. The summed E-state index contributed by atoms with van der Waals surface area (Å²) in [6.07, 6.45) is 7.60. The molecule has 122 valence electrons. The molecule has 1 aliphatic carbocycles. The van der Waals surface area contributed by atoms with Gasteiger partial charge in [-0.3, -0.25) is 14.2 Å². The molecule has 0 aromatic carbocycles. The Hall–Kier alpha value is -2.58. The minimum Gasteiger partial charge on any atom is -0.353 e. The van der Waals surface area contributed by atoms with Crippen molar-refractivity contribution in [2.24, 2.45) is 0 Å². The van der Waals surface area contributed by atoms with E-state index in [-0.39, 0.29) is 18.0 Å². The minimum absolute atomic E-state index is 0.0563. The third-order valence-corrected chi connectivity index (χ3v) is 4.05. The molecule has 0 bridgehead atoms. The number of carbonyl (C=O) groups excluding carboxylic acids is 1. The van der Waals surface area contributed by atoms with Crippen molar-refractivity contribution >= 4 is 5.91 Å². The van der Waals surface area contributed by atoms with Crippen LogP contribution in [0.4, 0.5) is 0 Å². The van der Waals surface area contributed by atoms with E-state index < -0.39 is 0 Å². The van der Waals surface area contributed by atoms with E-state index in [2.05, 4.69) is 25.8 Å². The van der Waals surface area contributed by atoms with E-state index in [1.807, 2.05) is 0 Å². The molecule has 3 rings (SSSR count). The fourth-order valence-electron chi connectivity index (χ4n) is 2.82. The molecule has 2 aromatic rings. The van der Waals surface area contributed by atoms with Crippen LogP contribution in [0.5, 0.6) is 0 Å². The maximum Gasteiger partial charge on any atom is 0.253 e. The molecule has 0 aliphatic heterocycles. The highest BCUT2D eigenvalue weighted by molar-refractivity contribution is 5.75. The Labute approximate surface area is 132 Å². The molecule has 1 N–H and O–H groups in total. The molecule has 0 saturated heterocycles. The van der Waals surface area contributed by atoms with E-state index >= 15 is 0 Å². The zero-order chi connectivity index (χ0) is 16.1. The molecule has 1 aliphatic rings. The van der Waals surface area contributed by atoms with Crippen LogP contribution in [0.3, 0.4) is 0 Å². The highest BCUT2D eigenvalue weighted by Gasteiger charge is 2.18. The molecule has 23 heavy (non-hydrogen) atoms. The molecule has 0 atom stereocenters. The standard InChI is InChI=1S/C14H19N7O2/c22-13(8-21-10-17-18-19-21)15-5-6-20-9-16-12(7-14(20)23)11-3-1-2-4-11/h7,9-11H,1-6,8H2,(H,15,22). The number of hydrogen-bond acceptors (Lipinski definition) is 6. The first-order valence-electron chi connectivity index (χ1n) is 7.76. The van der Waals surface area contributed by atoms with Gasteiger partial charge in [0, 0.05) is 25.1 Å². The van der Waals surface area contributed by atoms with E-state index in [1.165, 1.54) is 28.4 Å². The molecule has 9 heteroatoms. The second-order valence-electron chi connectivity index (χ2n) is 5.68. The van der Waals surface area contributed by atoms with Crippen LogP contribution in [0.15, 0.2) is 23.5 Å². The van der Waals surface area contributed by atoms with Gasteiger partial charge in [0.05, 0.1) is 12.0 Å². The van der Waals surface area contributed by atoms with Gasteiger partial charge >= 0.3 is 0 Å². The quantitative estimate of drug-likeness (QED) is 0.784. The van der Waals surface area contributed by atoms with E-state index in [9.17, 15) is 9.59 Å². The first-order chi connectivity index (χ1) is 11.2. The molecule has 2 heterocycles. The highest BCUT2D eigenvalue weighted by atomic mass is 16.2. The van der Waals surface area contributed by atoms with Crippen molar-refractivity contribution in [1.29, 1.82) is 0 Å². The lowest BCUT2D eigenvalue weighted by molar-refractivity contribution is -0.121. The van der Waals surface area contributed by atoms with Gasteiger partial charge in [-0.15, -0.1) is 5.10 Å². The van der Waals surface area contributed by atoms with Gasteiger partial charge < -0.3 is 5.32 Å². The van der Waals surface area contributed by atoms with Crippen molar-refractivity contribution in [3.63, 3.8) is 0 Å². The normalized spacial score (nSPS) is 15.0. The molecular weight excluding hydrogens is 298 g/mol. The van der Waals surface area contributed by atoms with E-state index in [4.69, 9.17) is 0 Å². The van der Waals surface area contributed by atoms with Gasteiger partial charge in [-0.05, 0) is 23.3 Å². The maximum atomic E-state index is 12.1. The summed E-state index contributed by atoms with van der Waals surface area (Å²) in [4.78, 5) is 28.2. The number of tetrazole rings is 1. The fraction of sp³-hybridized carbons (Fsp3) is 0.571. The van der Waals surface area contributed by atoms with Crippen LogP contribution in [-0.4, -0.2) is 42.2 Å². The molecule has 9 nitrogen and oxygen atoms in total. The summed E-state index contributed by atoms with van der Waals surface area (Å²) in [7, 11) is 0. The van der Waals surface area contributed by atoms with Crippen molar-refractivity contribution in [3.05, 3.63) is 34.8 Å². The average molecular weight is 317 g/mol. The van der Waals surface area contributed by atoms with Gasteiger partial charge in [-0.1, -0.05) is 12.8 Å². The van der Waals surface area contributed by atoms with Gasteiger partial charge in [-0.2, -0.15) is 0 Å². The average Bonchev–Trinajstić information content (AvgIpc) is 3.22. The maximum absolute atomic E-state index is 12.1. The SMILES string of the molecule is O=C(Cn1cnnn1)NCCn1cnc(C2CCCC2)cc1=O. The van der Waals surface area contributed by atoms with Crippen molar-refractivity contribution in [3.8, 4) is 0 Å². The van der Waals surface area contributed by atoms with Gasteiger partial charge in [0.15, 0.2) is 0 Å². The van der Waals surface area contributed by atoms with Gasteiger partial charge in [0.1, 0.15) is 12.9 Å². The molecule has 1 fully saturated rings. The summed E-state index contributed by atoms with van der Waals surface area (Å²) < 4.78 is 2.84. The van der Waals surface area contributed by atoms with Crippen LogP contribution in [-0.2, 0) is 17.9 Å². The van der Waals surface area contributed by atoms with E-state index in [1.54, 1.807) is 12.4 Å². The number of hydrogen-bond donors (Lipinski definition) is 1. The second-order valence-corrected chi connectivity index (χ2v) is 5.68. The largest absolute Gasteiger partial charge is 0.353 e. The third kappa shape index (κ3) is 3.99. The van der Waals surface area contributed by atoms with Crippen LogP contribution in [0, 0.1) is 0 Å². The van der Waals surface area contributed by atoms with Gasteiger partial charge in [0.2, 0.25) is 5.91 Å². The lowest BCUT2D eigenvalue weighted by Gasteiger charge is -2.10. The van der Waals surface area contributed by atoms with Crippen LogP contribution < -0.4 is 10.9 Å². The third-order valence-electron chi connectivity index (χ3n) is 4.05. The Bertz CT molecular complexity index is 704. The Kier molecular flexibility index (Phi) is 4.74. The number of nitrogens with zero attached hydrogens (tertiary/aromatic N) is 6. The molecule has 1 amide bonds. The van der Waals surface area contributed by atoms with E-state index in [0.29, 0.717) is 19.0 Å². The zero-order valence-electron chi connectivity index (χ0n) is 12.8. The molecular formula is C14H19N7O2. The predicted molar refractivity (Wildman–Crippen MR) is 80.5 cm³/mol. The van der Waals surface area contributed by atoms with E-state index in [0.717, 1.165) is 18.5 Å². The van der Waals surface area contributed by atoms with Crippen LogP contribution >= 0.6 is 0 Å². The fourth-order valence-corrected chi connectivity index (χ4v) is 2.82. The van der Waals surface area contributed by atoms with Crippen LogP contribution in [0.25, 0.3) is 0 Å². The first kappa shape index (κ1) is 15.3. The summed E-state index contributed by atoms with van der Waals surface area (Å²) in [5.41, 5.74) is 0.822. The summed E-state index contributed by atoms with van der Waals surface area (Å²) in [6, 6.07) is 1.62. The molecule has 0 radical (unpaired) electrons. The van der Waals surface area contributed by atoms with Gasteiger partial charge in [0.25, 0.3) is 5.56 Å². The van der Waals surface area contributed by atoms with Crippen molar-refractivity contribution < 1.29 is 4.79 Å². The number of amides is 1. The van der Waals surface area contributed by atoms with Crippen molar-refractivity contribution in [2.45, 2.75) is 44.7 Å². The number of carbonyl (C=O) groups is 1. The molecule has 0 spiro atoms. The summed E-state index contributed by atoms with van der Waals surface area (Å²) >= 11 is 0. The highest BCUT2D eigenvalue weighted by Crippen LogP contribution is 2.32.